The molecule has 0 bridgehead atoms. The summed E-state index contributed by atoms with van der Waals surface area (Å²) in [5.74, 6) is 0.0452. The van der Waals surface area contributed by atoms with Crippen molar-refractivity contribution in [2.75, 3.05) is 5.32 Å². The number of carbonyl (C=O) groups excluding carboxylic acids is 1. The Morgan fingerprint density at radius 3 is 2.61 bits per heavy atom. The van der Waals surface area contributed by atoms with Crippen molar-refractivity contribution in [3.05, 3.63) is 63.7 Å². The number of anilines is 1. The van der Waals surface area contributed by atoms with E-state index in [0.29, 0.717) is 16.9 Å². The summed E-state index contributed by atoms with van der Waals surface area (Å²) >= 11 is 0. The van der Waals surface area contributed by atoms with Crippen LogP contribution in [0.5, 0.6) is 0 Å². The number of hydrogen-bond donors (Lipinski definition) is 1. The van der Waals surface area contributed by atoms with E-state index in [9.17, 15) is 14.0 Å². The number of halogens is 1. The Kier molecular flexibility index (Phi) is 3.29. The average Bonchev–Trinajstić information content (AvgIpc) is 2.95. The SMILES string of the molecule is O=C(c1ccc(F)cc1)c1ccc(=O)n2c1N[C@@H]1CCCC[C@H]12. The molecule has 0 spiro atoms. The summed E-state index contributed by atoms with van der Waals surface area (Å²) in [4.78, 5) is 25.0. The van der Waals surface area contributed by atoms with E-state index in [-0.39, 0.29) is 29.2 Å². The average molecular weight is 312 g/mol. The minimum atomic E-state index is -0.375. The number of nitrogens with zero attached hydrogens (tertiary/aromatic N) is 1. The van der Waals surface area contributed by atoms with Crippen molar-refractivity contribution in [1.29, 1.82) is 0 Å². The van der Waals surface area contributed by atoms with Crippen LogP contribution in [-0.4, -0.2) is 16.4 Å². The quantitative estimate of drug-likeness (QED) is 0.867. The van der Waals surface area contributed by atoms with Gasteiger partial charge in [-0.05, 0) is 43.2 Å². The molecule has 5 heteroatoms. The largest absolute Gasteiger partial charge is 0.366 e. The van der Waals surface area contributed by atoms with Gasteiger partial charge in [0.1, 0.15) is 11.6 Å². The van der Waals surface area contributed by atoms with Gasteiger partial charge in [-0.2, -0.15) is 0 Å². The van der Waals surface area contributed by atoms with Gasteiger partial charge in [-0.3, -0.25) is 14.2 Å². The molecule has 2 aromatic rings. The maximum atomic E-state index is 13.1. The Bertz CT molecular complexity index is 826. The third kappa shape index (κ3) is 2.27. The molecule has 2 atom stereocenters. The number of carbonyl (C=O) groups is 1. The molecule has 1 saturated carbocycles. The number of ketones is 1. The predicted molar refractivity (Wildman–Crippen MR) is 85.5 cm³/mol. The molecule has 0 unspecified atom stereocenters. The summed E-state index contributed by atoms with van der Waals surface area (Å²) in [5.41, 5.74) is 0.827. The van der Waals surface area contributed by atoms with Gasteiger partial charge in [-0.1, -0.05) is 12.8 Å². The minimum Gasteiger partial charge on any atom is -0.366 e. The number of aromatic nitrogens is 1. The van der Waals surface area contributed by atoms with Crippen LogP contribution in [0.4, 0.5) is 10.2 Å². The van der Waals surface area contributed by atoms with Gasteiger partial charge in [0.25, 0.3) is 5.56 Å². The zero-order valence-corrected chi connectivity index (χ0v) is 12.6. The lowest BCUT2D eigenvalue weighted by Gasteiger charge is -2.25. The second kappa shape index (κ2) is 5.33. The monoisotopic (exact) mass is 312 g/mol. The third-order valence-corrected chi connectivity index (χ3v) is 4.86. The fourth-order valence-corrected chi connectivity index (χ4v) is 3.73. The van der Waals surface area contributed by atoms with Crippen molar-refractivity contribution < 1.29 is 9.18 Å². The molecule has 1 aliphatic heterocycles. The van der Waals surface area contributed by atoms with Crippen molar-refractivity contribution >= 4 is 11.6 Å². The molecule has 1 N–H and O–H groups in total. The fraction of sp³-hybridized carbons (Fsp3) is 0.333. The second-order valence-corrected chi connectivity index (χ2v) is 6.24. The number of hydrogen-bond acceptors (Lipinski definition) is 3. The smallest absolute Gasteiger partial charge is 0.252 e. The van der Waals surface area contributed by atoms with Crippen LogP contribution in [0.1, 0.15) is 47.6 Å². The Morgan fingerprint density at radius 1 is 1.09 bits per heavy atom. The van der Waals surface area contributed by atoms with Crippen LogP contribution in [0.2, 0.25) is 0 Å². The summed E-state index contributed by atoms with van der Waals surface area (Å²) in [6.45, 7) is 0. The van der Waals surface area contributed by atoms with E-state index in [2.05, 4.69) is 5.32 Å². The number of pyridine rings is 1. The van der Waals surface area contributed by atoms with Crippen LogP contribution in [0.25, 0.3) is 0 Å². The zero-order chi connectivity index (χ0) is 16.0. The zero-order valence-electron chi connectivity index (χ0n) is 12.6. The van der Waals surface area contributed by atoms with E-state index in [1.54, 1.807) is 10.6 Å². The number of nitrogens with one attached hydrogen (secondary N) is 1. The predicted octanol–water partition coefficient (Wildman–Crippen LogP) is 3.13. The lowest BCUT2D eigenvalue weighted by molar-refractivity contribution is 0.103. The van der Waals surface area contributed by atoms with Crippen LogP contribution in [0.3, 0.4) is 0 Å². The highest BCUT2D eigenvalue weighted by atomic mass is 19.1. The van der Waals surface area contributed by atoms with Crippen molar-refractivity contribution in [1.82, 2.24) is 4.57 Å². The molecule has 23 heavy (non-hydrogen) atoms. The normalized spacial score (nSPS) is 22.1. The molecule has 0 amide bonds. The second-order valence-electron chi connectivity index (χ2n) is 6.24. The van der Waals surface area contributed by atoms with Crippen LogP contribution in [0, 0.1) is 5.82 Å². The Morgan fingerprint density at radius 2 is 1.83 bits per heavy atom. The van der Waals surface area contributed by atoms with Gasteiger partial charge in [-0.25, -0.2) is 4.39 Å². The molecule has 1 aromatic carbocycles. The Hall–Kier alpha value is -2.43. The molecule has 118 valence electrons. The van der Waals surface area contributed by atoms with Crippen LogP contribution >= 0.6 is 0 Å². The van der Waals surface area contributed by atoms with Gasteiger partial charge in [0.05, 0.1) is 11.6 Å². The maximum absolute atomic E-state index is 13.1. The summed E-state index contributed by atoms with van der Waals surface area (Å²) in [5, 5.41) is 3.38. The first kappa shape index (κ1) is 14.2. The lowest BCUT2D eigenvalue weighted by atomic mass is 9.91. The topological polar surface area (TPSA) is 51.1 Å². The van der Waals surface area contributed by atoms with Gasteiger partial charge >= 0.3 is 0 Å². The fourth-order valence-electron chi connectivity index (χ4n) is 3.73. The van der Waals surface area contributed by atoms with E-state index in [1.807, 2.05) is 0 Å². The van der Waals surface area contributed by atoms with Crippen molar-refractivity contribution in [3.63, 3.8) is 0 Å². The van der Waals surface area contributed by atoms with Crippen LogP contribution in [0.15, 0.2) is 41.2 Å². The summed E-state index contributed by atoms with van der Waals surface area (Å²) in [6.07, 6.45) is 4.21. The maximum Gasteiger partial charge on any atom is 0.252 e. The number of benzene rings is 1. The van der Waals surface area contributed by atoms with E-state index in [4.69, 9.17) is 0 Å². The molecule has 0 saturated heterocycles. The Balaban J connectivity index is 1.80. The molecule has 0 radical (unpaired) electrons. The highest BCUT2D eigenvalue weighted by molar-refractivity contribution is 6.12. The first-order chi connectivity index (χ1) is 11.1. The van der Waals surface area contributed by atoms with Gasteiger partial charge in [-0.15, -0.1) is 0 Å². The van der Waals surface area contributed by atoms with Crippen molar-refractivity contribution in [2.45, 2.75) is 37.8 Å². The van der Waals surface area contributed by atoms with E-state index in [1.165, 1.54) is 30.3 Å². The van der Waals surface area contributed by atoms with Crippen LogP contribution < -0.4 is 10.9 Å². The molecule has 1 aliphatic carbocycles. The summed E-state index contributed by atoms with van der Waals surface area (Å²) in [7, 11) is 0. The first-order valence-corrected chi connectivity index (χ1v) is 7.97. The summed E-state index contributed by atoms with van der Waals surface area (Å²) < 4.78 is 14.8. The third-order valence-electron chi connectivity index (χ3n) is 4.86. The minimum absolute atomic E-state index is 0.0717. The van der Waals surface area contributed by atoms with Gasteiger partial charge in [0, 0.05) is 17.7 Å². The van der Waals surface area contributed by atoms with Gasteiger partial charge in [0.15, 0.2) is 5.78 Å². The highest BCUT2D eigenvalue weighted by Crippen LogP contribution is 2.38. The molecule has 4 rings (SSSR count). The number of rotatable bonds is 2. The molecular weight excluding hydrogens is 295 g/mol. The molecule has 2 aliphatic rings. The van der Waals surface area contributed by atoms with Gasteiger partial charge < -0.3 is 5.32 Å². The molecule has 2 heterocycles. The summed E-state index contributed by atoms with van der Waals surface area (Å²) in [6, 6.07) is 8.88. The van der Waals surface area contributed by atoms with E-state index in [0.717, 1.165) is 25.7 Å². The molecule has 1 aromatic heterocycles. The highest BCUT2D eigenvalue weighted by Gasteiger charge is 2.36. The van der Waals surface area contributed by atoms with Crippen LogP contribution in [-0.2, 0) is 0 Å². The molecule has 4 nitrogen and oxygen atoms in total. The Labute approximate surface area is 132 Å². The van der Waals surface area contributed by atoms with E-state index < -0.39 is 0 Å². The standard InChI is InChI=1S/C18H17FN2O2/c19-12-7-5-11(6-8-12)17(23)13-9-10-16(22)21-15-4-2-1-3-14(15)20-18(13)21/h5-10,14-15,20H,1-4H2/t14-,15-/m1/s1. The van der Waals surface area contributed by atoms with Crippen molar-refractivity contribution in [2.24, 2.45) is 0 Å². The molecular formula is C18H17FN2O2. The van der Waals surface area contributed by atoms with Gasteiger partial charge in [0.2, 0.25) is 0 Å². The number of fused-ring (bicyclic) bond motifs is 3. The van der Waals surface area contributed by atoms with E-state index >= 15 is 0 Å². The lowest BCUT2D eigenvalue weighted by Crippen LogP contribution is -2.29. The molecule has 1 fully saturated rings. The first-order valence-electron chi connectivity index (χ1n) is 7.97. The van der Waals surface area contributed by atoms with Crippen molar-refractivity contribution in [3.8, 4) is 0 Å².